The maximum atomic E-state index is 13.3. The molecule has 1 aromatic carbocycles. The number of ether oxygens (including phenoxy) is 1. The van der Waals surface area contributed by atoms with Crippen LogP contribution in [-0.4, -0.2) is 66.0 Å². The zero-order chi connectivity index (χ0) is 22.7. The van der Waals surface area contributed by atoms with Crippen LogP contribution in [0.3, 0.4) is 0 Å². The van der Waals surface area contributed by atoms with E-state index in [0.717, 1.165) is 44.8 Å². The number of amides is 1. The Balaban J connectivity index is 1.60. The molecule has 0 bridgehead atoms. The van der Waals surface area contributed by atoms with E-state index in [0.29, 0.717) is 17.3 Å². The van der Waals surface area contributed by atoms with Crippen molar-refractivity contribution in [1.29, 1.82) is 0 Å². The number of hydrogen-bond donors (Lipinski definition) is 1. The first-order valence-corrected chi connectivity index (χ1v) is 12.1. The van der Waals surface area contributed by atoms with Crippen molar-refractivity contribution >= 4 is 23.0 Å². The maximum Gasteiger partial charge on any atom is 0.290 e. The summed E-state index contributed by atoms with van der Waals surface area (Å²) in [5.74, 6) is -0.785. The van der Waals surface area contributed by atoms with Crippen molar-refractivity contribution in [2.75, 3.05) is 39.4 Å². The number of carbonyl (C=O) groups is 2. The largest absolute Gasteiger partial charge is 0.503 e. The monoisotopic (exact) mass is 454 g/mol. The zero-order valence-electron chi connectivity index (χ0n) is 18.6. The number of carbonyl (C=O) groups excluding carboxylic acids is 2. The molecule has 1 N–H and O–H groups in total. The highest BCUT2D eigenvalue weighted by molar-refractivity contribution is 7.12. The van der Waals surface area contributed by atoms with Crippen LogP contribution in [0.4, 0.5) is 0 Å². The molecule has 170 valence electrons. The molecule has 2 aliphatic rings. The minimum atomic E-state index is -0.581. The molecule has 3 heterocycles. The van der Waals surface area contributed by atoms with Gasteiger partial charge in [-0.2, -0.15) is 0 Å². The number of morpholine rings is 1. The van der Waals surface area contributed by atoms with Gasteiger partial charge in [-0.3, -0.25) is 14.5 Å². The highest BCUT2D eigenvalue weighted by atomic mass is 32.1. The number of nitrogens with zero attached hydrogens (tertiary/aromatic N) is 2. The van der Waals surface area contributed by atoms with Gasteiger partial charge in [0.2, 0.25) is 5.78 Å². The van der Waals surface area contributed by atoms with Crippen LogP contribution in [0.25, 0.3) is 0 Å². The number of thiophene rings is 1. The quantitative estimate of drug-likeness (QED) is 0.606. The summed E-state index contributed by atoms with van der Waals surface area (Å²) >= 11 is 1.32. The van der Waals surface area contributed by atoms with Gasteiger partial charge in [0.15, 0.2) is 5.76 Å². The van der Waals surface area contributed by atoms with E-state index in [1.54, 1.807) is 17.0 Å². The van der Waals surface area contributed by atoms with Gasteiger partial charge in [-0.15, -0.1) is 11.3 Å². The average Bonchev–Trinajstić information content (AvgIpc) is 3.43. The Morgan fingerprint density at radius 2 is 1.88 bits per heavy atom. The third kappa shape index (κ3) is 4.65. The standard InChI is InChI=1S/C25H30N2O4S/c1-17(2)18-6-8-19(9-7-18)22-21(23(28)20-5-3-16-32-20)24(29)25(30)27(22)11-4-10-26-12-14-31-15-13-26/h3,5-9,16-17,22,29H,4,10-15H2,1-2H3. The fourth-order valence-corrected chi connectivity index (χ4v) is 5.03. The molecule has 1 saturated heterocycles. The lowest BCUT2D eigenvalue weighted by Gasteiger charge is -2.30. The summed E-state index contributed by atoms with van der Waals surface area (Å²) in [5.41, 5.74) is 2.22. The van der Waals surface area contributed by atoms with Crippen molar-refractivity contribution in [3.8, 4) is 0 Å². The summed E-state index contributed by atoms with van der Waals surface area (Å²) < 4.78 is 5.41. The molecule has 0 radical (unpaired) electrons. The van der Waals surface area contributed by atoms with Crippen molar-refractivity contribution in [2.24, 2.45) is 0 Å². The fraction of sp³-hybridized carbons (Fsp3) is 0.440. The van der Waals surface area contributed by atoms with Gasteiger partial charge in [0.25, 0.3) is 5.91 Å². The summed E-state index contributed by atoms with van der Waals surface area (Å²) in [5, 5.41) is 12.6. The number of Topliss-reactive ketones (excluding diaryl/α,β-unsaturated/α-hetero) is 1. The van der Waals surface area contributed by atoms with Crippen LogP contribution >= 0.6 is 11.3 Å². The maximum absolute atomic E-state index is 13.3. The van der Waals surface area contributed by atoms with Crippen molar-refractivity contribution in [3.05, 3.63) is 69.1 Å². The van der Waals surface area contributed by atoms with Crippen LogP contribution in [0.2, 0.25) is 0 Å². The van der Waals surface area contributed by atoms with Crippen LogP contribution in [0.1, 0.15) is 53.0 Å². The molecule has 0 saturated carbocycles. The number of rotatable bonds is 8. The molecule has 1 unspecified atom stereocenters. The topological polar surface area (TPSA) is 70.1 Å². The Kier molecular flexibility index (Phi) is 7.08. The second kappa shape index (κ2) is 9.98. The number of ketones is 1. The first-order chi connectivity index (χ1) is 15.5. The predicted octanol–water partition coefficient (Wildman–Crippen LogP) is 4.17. The zero-order valence-corrected chi connectivity index (χ0v) is 19.4. The lowest BCUT2D eigenvalue weighted by molar-refractivity contribution is -0.129. The Morgan fingerprint density at radius 3 is 2.50 bits per heavy atom. The Morgan fingerprint density at radius 1 is 1.16 bits per heavy atom. The molecule has 32 heavy (non-hydrogen) atoms. The second-order valence-electron chi connectivity index (χ2n) is 8.60. The molecule has 2 aliphatic heterocycles. The predicted molar refractivity (Wildman–Crippen MR) is 125 cm³/mol. The fourth-order valence-electron chi connectivity index (χ4n) is 4.36. The molecule has 6 nitrogen and oxygen atoms in total. The van der Waals surface area contributed by atoms with E-state index in [1.165, 1.54) is 16.9 Å². The number of benzene rings is 1. The summed E-state index contributed by atoms with van der Waals surface area (Å²) in [6.07, 6.45) is 0.764. The molecule has 2 aromatic rings. The number of hydrogen-bond acceptors (Lipinski definition) is 6. The summed E-state index contributed by atoms with van der Waals surface area (Å²) in [4.78, 5) is 30.8. The Bertz CT molecular complexity index is 976. The van der Waals surface area contributed by atoms with E-state index in [-0.39, 0.29) is 11.4 Å². The summed E-state index contributed by atoms with van der Waals surface area (Å²) in [6, 6.07) is 11.0. The van der Waals surface area contributed by atoms with E-state index in [1.807, 2.05) is 29.6 Å². The molecule has 7 heteroatoms. The van der Waals surface area contributed by atoms with E-state index >= 15 is 0 Å². The minimum Gasteiger partial charge on any atom is -0.503 e. The molecule has 1 amide bonds. The smallest absolute Gasteiger partial charge is 0.290 e. The van der Waals surface area contributed by atoms with Crippen LogP contribution in [-0.2, 0) is 9.53 Å². The lowest BCUT2D eigenvalue weighted by Crippen LogP contribution is -2.39. The van der Waals surface area contributed by atoms with E-state index in [2.05, 4.69) is 18.7 Å². The second-order valence-corrected chi connectivity index (χ2v) is 9.55. The first kappa shape index (κ1) is 22.7. The van der Waals surface area contributed by atoms with Gasteiger partial charge in [0, 0.05) is 26.2 Å². The van der Waals surface area contributed by atoms with Gasteiger partial charge in [-0.25, -0.2) is 0 Å². The van der Waals surface area contributed by atoms with Crippen molar-refractivity contribution in [2.45, 2.75) is 32.2 Å². The van der Waals surface area contributed by atoms with E-state index in [9.17, 15) is 14.7 Å². The molecule has 1 atom stereocenters. The Labute approximate surface area is 193 Å². The molecule has 1 fully saturated rings. The van der Waals surface area contributed by atoms with Crippen LogP contribution < -0.4 is 0 Å². The van der Waals surface area contributed by atoms with Crippen molar-refractivity contribution in [1.82, 2.24) is 9.80 Å². The number of aliphatic hydroxyl groups excluding tert-OH is 1. The van der Waals surface area contributed by atoms with Gasteiger partial charge < -0.3 is 14.7 Å². The van der Waals surface area contributed by atoms with Crippen LogP contribution in [0.5, 0.6) is 0 Å². The lowest BCUT2D eigenvalue weighted by atomic mass is 9.93. The van der Waals surface area contributed by atoms with Gasteiger partial charge in [-0.05, 0) is 34.9 Å². The van der Waals surface area contributed by atoms with E-state index in [4.69, 9.17) is 4.74 Å². The molecular weight excluding hydrogens is 424 g/mol. The molecule has 0 aliphatic carbocycles. The SMILES string of the molecule is CC(C)c1ccc(C2C(C(=O)c3cccs3)=C(O)C(=O)N2CCCN2CCOCC2)cc1. The van der Waals surface area contributed by atoms with Crippen LogP contribution in [0, 0.1) is 0 Å². The number of aliphatic hydroxyl groups is 1. The highest BCUT2D eigenvalue weighted by Gasteiger charge is 2.43. The third-order valence-corrected chi connectivity index (χ3v) is 7.06. The van der Waals surface area contributed by atoms with Gasteiger partial charge >= 0.3 is 0 Å². The van der Waals surface area contributed by atoms with Gasteiger partial charge in [0.05, 0.1) is 29.7 Å². The molecule has 1 aromatic heterocycles. The van der Waals surface area contributed by atoms with E-state index < -0.39 is 17.7 Å². The third-order valence-electron chi connectivity index (χ3n) is 6.19. The Hall–Kier alpha value is -2.48. The minimum absolute atomic E-state index is 0.182. The summed E-state index contributed by atoms with van der Waals surface area (Å²) in [6.45, 7) is 8.82. The average molecular weight is 455 g/mol. The first-order valence-electron chi connectivity index (χ1n) is 11.2. The van der Waals surface area contributed by atoms with Crippen molar-refractivity contribution in [3.63, 3.8) is 0 Å². The molecular formula is C25H30N2O4S. The van der Waals surface area contributed by atoms with Crippen molar-refractivity contribution < 1.29 is 19.4 Å². The summed E-state index contributed by atoms with van der Waals surface area (Å²) in [7, 11) is 0. The molecule has 0 spiro atoms. The van der Waals surface area contributed by atoms with Gasteiger partial charge in [0.1, 0.15) is 0 Å². The van der Waals surface area contributed by atoms with Crippen LogP contribution in [0.15, 0.2) is 53.1 Å². The molecule has 4 rings (SSSR count). The normalized spacial score (nSPS) is 19.9. The van der Waals surface area contributed by atoms with Gasteiger partial charge in [-0.1, -0.05) is 44.2 Å². The highest BCUT2D eigenvalue weighted by Crippen LogP contribution is 2.39.